The first-order valence-corrected chi connectivity index (χ1v) is 14.4. The van der Waals surface area contributed by atoms with Gasteiger partial charge in [-0.1, -0.05) is 26.3 Å². The zero-order chi connectivity index (χ0) is 29.1. The van der Waals surface area contributed by atoms with Crippen molar-refractivity contribution in [1.82, 2.24) is 0 Å². The van der Waals surface area contributed by atoms with Crippen molar-refractivity contribution in [2.75, 3.05) is 7.11 Å². The van der Waals surface area contributed by atoms with Crippen LogP contribution in [-0.4, -0.2) is 18.2 Å². The van der Waals surface area contributed by atoms with Crippen LogP contribution in [0.1, 0.15) is 80.5 Å². The minimum absolute atomic E-state index is 0.00822. The average molecular weight is 565 g/mol. The Morgan fingerprint density at radius 2 is 1.80 bits per heavy atom. The second-order valence-corrected chi connectivity index (χ2v) is 12.6. The quantitative estimate of drug-likeness (QED) is 0.314. The van der Waals surface area contributed by atoms with Crippen molar-refractivity contribution >= 4 is 5.97 Å². The molecule has 1 N–H and O–H groups in total. The van der Waals surface area contributed by atoms with Gasteiger partial charge in [0.1, 0.15) is 24.0 Å². The Kier molecular flexibility index (Phi) is 6.82. The predicted octanol–water partition coefficient (Wildman–Crippen LogP) is 8.33. The highest BCUT2D eigenvalue weighted by Gasteiger charge is 2.62. The number of carbonyl (C=O) groups is 1. The number of hydrogen-bond donors (Lipinski definition) is 1. The summed E-state index contributed by atoms with van der Waals surface area (Å²) in [4.78, 5) is 11.7. The summed E-state index contributed by atoms with van der Waals surface area (Å²) in [6, 6.07) is 10.9. The van der Waals surface area contributed by atoms with Crippen LogP contribution in [-0.2, 0) is 23.2 Å². The van der Waals surface area contributed by atoms with E-state index in [0.29, 0.717) is 36.1 Å². The number of rotatable bonds is 7. The van der Waals surface area contributed by atoms with Gasteiger partial charge in [0, 0.05) is 22.1 Å². The van der Waals surface area contributed by atoms with Gasteiger partial charge in [0.05, 0.1) is 13.0 Å². The summed E-state index contributed by atoms with van der Waals surface area (Å²) in [5, 5.41) is 9.62. The van der Waals surface area contributed by atoms with Crippen molar-refractivity contribution < 1.29 is 32.5 Å². The van der Waals surface area contributed by atoms with E-state index in [-0.39, 0.29) is 34.8 Å². The molecule has 0 saturated heterocycles. The van der Waals surface area contributed by atoms with Gasteiger partial charge in [0.25, 0.3) is 0 Å². The third-order valence-electron chi connectivity index (χ3n) is 9.83. The summed E-state index contributed by atoms with van der Waals surface area (Å²) in [7, 11) is 1.51. The molecule has 3 aromatic rings. The molecule has 0 bridgehead atoms. The van der Waals surface area contributed by atoms with E-state index in [1.54, 1.807) is 18.2 Å². The smallest absolute Gasteiger partial charge is 0.307 e. The van der Waals surface area contributed by atoms with E-state index in [0.717, 1.165) is 36.8 Å². The molecular formula is C34H35F3O4. The predicted molar refractivity (Wildman–Crippen MR) is 150 cm³/mol. The fraction of sp³-hybridized carbons (Fsp3) is 0.441. The average Bonchev–Trinajstić information content (AvgIpc) is 3.54. The minimum Gasteiger partial charge on any atom is -0.497 e. The molecule has 0 heterocycles. The van der Waals surface area contributed by atoms with Crippen LogP contribution in [0.3, 0.4) is 0 Å². The van der Waals surface area contributed by atoms with E-state index < -0.39 is 34.8 Å². The first-order valence-electron chi connectivity index (χ1n) is 14.4. The fourth-order valence-corrected chi connectivity index (χ4v) is 7.52. The lowest BCUT2D eigenvalue weighted by Gasteiger charge is -2.30. The number of aliphatic carboxylic acids is 1. The topological polar surface area (TPSA) is 55.8 Å². The number of aryl methyl sites for hydroxylation is 1. The maximum atomic E-state index is 15.9. The minimum atomic E-state index is -0.902. The van der Waals surface area contributed by atoms with Gasteiger partial charge in [-0.15, -0.1) is 0 Å². The van der Waals surface area contributed by atoms with Gasteiger partial charge in [-0.2, -0.15) is 0 Å². The van der Waals surface area contributed by atoms with Crippen LogP contribution in [0, 0.1) is 28.8 Å². The van der Waals surface area contributed by atoms with Crippen LogP contribution in [0.2, 0.25) is 0 Å². The maximum absolute atomic E-state index is 15.9. The lowest BCUT2D eigenvalue weighted by Crippen LogP contribution is -2.23. The van der Waals surface area contributed by atoms with Crippen molar-refractivity contribution in [1.29, 1.82) is 0 Å². The number of halogens is 3. The van der Waals surface area contributed by atoms with Crippen molar-refractivity contribution in [3.63, 3.8) is 0 Å². The van der Waals surface area contributed by atoms with Gasteiger partial charge in [-0.25, -0.2) is 13.2 Å². The summed E-state index contributed by atoms with van der Waals surface area (Å²) < 4.78 is 57.9. The molecule has 0 unspecified atom stereocenters. The second-order valence-electron chi connectivity index (χ2n) is 12.6. The third kappa shape index (κ3) is 4.67. The molecule has 2 saturated carbocycles. The Hall–Kier alpha value is -3.48. The highest BCUT2D eigenvalue weighted by Crippen LogP contribution is 2.61. The first-order chi connectivity index (χ1) is 19.6. The van der Waals surface area contributed by atoms with Crippen LogP contribution < -0.4 is 9.47 Å². The highest BCUT2D eigenvalue weighted by atomic mass is 19.1. The van der Waals surface area contributed by atoms with E-state index in [1.165, 1.54) is 25.3 Å². The molecule has 3 aromatic carbocycles. The van der Waals surface area contributed by atoms with Gasteiger partial charge in [0.15, 0.2) is 11.6 Å². The van der Waals surface area contributed by atoms with Crippen molar-refractivity contribution in [3.8, 4) is 22.6 Å². The summed E-state index contributed by atoms with van der Waals surface area (Å²) in [5.41, 5.74) is 2.39. The Labute approximate surface area is 238 Å². The standard InChI is InChI=1S/C34H35F3O4/c1-33(2)12-5-7-25(33)23-14-20(28(36)16-22(23)24-15-21(40-3)9-10-27(24)35)18-41-29-11-8-19-6-4-13-34(30(19)31(29)37)17-26(34)32(38)39/h8-11,14-16,25-26H,4-7,12-13,17-18H2,1-3H3,(H,38,39)/t25-,26+,34-/m1/s1. The molecule has 1 spiro atoms. The van der Waals surface area contributed by atoms with Crippen LogP contribution >= 0.6 is 0 Å². The molecule has 0 amide bonds. The number of carboxylic acids is 1. The molecule has 41 heavy (non-hydrogen) atoms. The van der Waals surface area contributed by atoms with E-state index in [4.69, 9.17) is 9.47 Å². The van der Waals surface area contributed by atoms with Crippen LogP contribution in [0.5, 0.6) is 11.5 Å². The molecule has 0 aromatic heterocycles. The lowest BCUT2D eigenvalue weighted by atomic mass is 9.75. The number of carboxylic acid groups (broad SMARTS) is 1. The zero-order valence-corrected chi connectivity index (χ0v) is 23.7. The van der Waals surface area contributed by atoms with Gasteiger partial charge in [-0.3, -0.25) is 4.79 Å². The largest absolute Gasteiger partial charge is 0.497 e. The molecule has 216 valence electrons. The summed E-state index contributed by atoms with van der Waals surface area (Å²) in [6.45, 7) is 4.14. The molecule has 3 atom stereocenters. The Balaban J connectivity index is 1.37. The van der Waals surface area contributed by atoms with Gasteiger partial charge in [0.2, 0.25) is 0 Å². The molecule has 7 heteroatoms. The molecule has 4 nitrogen and oxygen atoms in total. The summed E-state index contributed by atoms with van der Waals surface area (Å²) >= 11 is 0. The lowest BCUT2D eigenvalue weighted by molar-refractivity contribution is -0.139. The van der Waals surface area contributed by atoms with Gasteiger partial charge >= 0.3 is 5.97 Å². The van der Waals surface area contributed by atoms with Crippen molar-refractivity contribution in [2.45, 2.75) is 76.7 Å². The van der Waals surface area contributed by atoms with Crippen molar-refractivity contribution in [2.24, 2.45) is 11.3 Å². The van der Waals surface area contributed by atoms with Crippen LogP contribution in [0.15, 0.2) is 42.5 Å². The number of hydrogen-bond acceptors (Lipinski definition) is 3. The second kappa shape index (κ2) is 10.1. The zero-order valence-electron chi connectivity index (χ0n) is 23.7. The highest BCUT2D eigenvalue weighted by molar-refractivity contribution is 5.78. The third-order valence-corrected chi connectivity index (χ3v) is 9.83. The number of fused-ring (bicyclic) bond motifs is 2. The molecule has 3 aliphatic rings. The normalized spacial score (nSPS) is 24.2. The van der Waals surface area contributed by atoms with E-state index in [2.05, 4.69) is 13.8 Å². The molecule has 0 radical (unpaired) electrons. The van der Waals surface area contributed by atoms with E-state index in [9.17, 15) is 9.90 Å². The summed E-state index contributed by atoms with van der Waals surface area (Å²) in [5.74, 6) is -2.52. The number of methoxy groups -OCH3 is 1. The summed E-state index contributed by atoms with van der Waals surface area (Å²) in [6.07, 6.45) is 5.48. The molecule has 0 aliphatic heterocycles. The Bertz CT molecular complexity index is 1530. The monoisotopic (exact) mass is 564 g/mol. The first kappa shape index (κ1) is 27.7. The van der Waals surface area contributed by atoms with Crippen LogP contribution in [0.25, 0.3) is 11.1 Å². The van der Waals surface area contributed by atoms with Gasteiger partial charge < -0.3 is 14.6 Å². The molecule has 3 aliphatic carbocycles. The molecule has 6 rings (SSSR count). The van der Waals surface area contributed by atoms with E-state index >= 15 is 13.2 Å². The van der Waals surface area contributed by atoms with Crippen molar-refractivity contribution in [3.05, 3.63) is 82.2 Å². The van der Waals surface area contributed by atoms with Gasteiger partial charge in [-0.05, 0) is 103 Å². The number of ether oxygens (including phenoxy) is 2. The molecular weight excluding hydrogens is 529 g/mol. The Morgan fingerprint density at radius 3 is 2.49 bits per heavy atom. The Morgan fingerprint density at radius 1 is 1.00 bits per heavy atom. The SMILES string of the molecule is COc1ccc(F)c(-c2cc(F)c(COc3ccc4c(c3F)[C@]3(CCC4)C[C@H]3C(=O)O)cc2[C@H]2CCCC2(C)C)c1. The van der Waals surface area contributed by atoms with Crippen LogP contribution in [0.4, 0.5) is 13.2 Å². The maximum Gasteiger partial charge on any atom is 0.307 e. The fourth-order valence-electron chi connectivity index (χ4n) is 7.52. The van der Waals surface area contributed by atoms with E-state index in [1.807, 2.05) is 6.07 Å². The molecule has 2 fully saturated rings. The number of benzene rings is 3.